The molecule has 5 nitrogen and oxygen atoms in total. The van der Waals surface area contributed by atoms with Gasteiger partial charge in [-0.2, -0.15) is 11.8 Å². The molecule has 1 heterocycles. The number of nitrogens with zero attached hydrogens (tertiary/aromatic N) is 1. The van der Waals surface area contributed by atoms with Gasteiger partial charge >= 0.3 is 0 Å². The fourth-order valence-corrected chi connectivity index (χ4v) is 3.97. The van der Waals surface area contributed by atoms with Gasteiger partial charge in [0.1, 0.15) is 5.75 Å². The van der Waals surface area contributed by atoms with E-state index in [1.54, 1.807) is 23.8 Å². The molecule has 1 unspecified atom stereocenters. The third-order valence-corrected chi connectivity index (χ3v) is 5.97. The predicted octanol–water partition coefficient (Wildman–Crippen LogP) is 5.29. The number of carbonyl (C=O) groups is 1. The van der Waals surface area contributed by atoms with Gasteiger partial charge in [0.2, 0.25) is 0 Å². The van der Waals surface area contributed by atoms with Crippen LogP contribution in [-0.4, -0.2) is 44.3 Å². The summed E-state index contributed by atoms with van der Waals surface area (Å²) in [5.41, 5.74) is 3.05. The number of thioether (sulfide) groups is 1. The molecule has 6 heteroatoms. The van der Waals surface area contributed by atoms with E-state index in [2.05, 4.69) is 12.1 Å². The first-order valence-corrected chi connectivity index (χ1v) is 12.0. The monoisotopic (exact) mass is 449 g/mol. The Morgan fingerprint density at radius 1 is 0.969 bits per heavy atom. The molecule has 0 spiro atoms. The number of hydrogen-bond acceptors (Lipinski definition) is 5. The molecular formula is C26H27NO4S. The third kappa shape index (κ3) is 5.02. The van der Waals surface area contributed by atoms with Crippen LogP contribution in [0.3, 0.4) is 0 Å². The normalized spacial score (nSPS) is 15.6. The van der Waals surface area contributed by atoms with Crippen LogP contribution in [0, 0.1) is 0 Å². The molecular weight excluding hydrogens is 422 g/mol. The van der Waals surface area contributed by atoms with Crippen molar-refractivity contribution in [1.29, 1.82) is 0 Å². The first-order chi connectivity index (χ1) is 15.7. The fraction of sp³-hybridized carbons (Fsp3) is 0.269. The summed E-state index contributed by atoms with van der Waals surface area (Å²) < 4.78 is 17.3. The van der Waals surface area contributed by atoms with Crippen molar-refractivity contribution in [2.75, 3.05) is 37.2 Å². The molecule has 4 rings (SSSR count). The molecule has 0 aliphatic carbocycles. The summed E-state index contributed by atoms with van der Waals surface area (Å²) >= 11 is 1.73. The Kier molecular flexibility index (Phi) is 7.22. The maximum absolute atomic E-state index is 13.0. The molecule has 0 aromatic heterocycles. The Morgan fingerprint density at radius 3 is 2.44 bits per heavy atom. The van der Waals surface area contributed by atoms with Gasteiger partial charge in [-0.05, 0) is 41.6 Å². The molecule has 3 aromatic carbocycles. The van der Waals surface area contributed by atoms with Crippen LogP contribution in [0.4, 0.5) is 5.69 Å². The molecule has 1 amide bonds. The van der Waals surface area contributed by atoms with Gasteiger partial charge in [-0.1, -0.05) is 42.5 Å². The van der Waals surface area contributed by atoms with E-state index < -0.39 is 6.10 Å². The number of amides is 1. The number of hydrogen-bond donors (Lipinski definition) is 0. The van der Waals surface area contributed by atoms with Gasteiger partial charge in [0, 0.05) is 30.5 Å². The van der Waals surface area contributed by atoms with E-state index >= 15 is 0 Å². The molecule has 3 aromatic rings. The average molecular weight is 450 g/mol. The lowest BCUT2D eigenvalue weighted by atomic mass is 10.1. The quantitative estimate of drug-likeness (QED) is 0.416. The lowest BCUT2D eigenvalue weighted by molar-refractivity contribution is -0.122. The van der Waals surface area contributed by atoms with Crippen molar-refractivity contribution >= 4 is 23.4 Å². The molecule has 32 heavy (non-hydrogen) atoms. The second kappa shape index (κ2) is 10.5. The van der Waals surface area contributed by atoms with E-state index in [0.29, 0.717) is 36.8 Å². The molecule has 0 saturated carbocycles. The van der Waals surface area contributed by atoms with Crippen LogP contribution in [0.2, 0.25) is 0 Å². The zero-order valence-corrected chi connectivity index (χ0v) is 19.1. The Hall–Kier alpha value is -3.12. The highest BCUT2D eigenvalue weighted by Crippen LogP contribution is 2.34. The van der Waals surface area contributed by atoms with Gasteiger partial charge in [0.25, 0.3) is 5.91 Å². The molecule has 1 aliphatic rings. The number of anilines is 1. The van der Waals surface area contributed by atoms with E-state index in [-0.39, 0.29) is 5.91 Å². The average Bonchev–Trinajstić information content (AvgIpc) is 3.20. The van der Waals surface area contributed by atoms with E-state index in [4.69, 9.17) is 14.2 Å². The van der Waals surface area contributed by atoms with Crippen LogP contribution in [-0.2, 0) is 4.79 Å². The zero-order valence-electron chi connectivity index (χ0n) is 18.3. The fourth-order valence-electron chi connectivity index (χ4n) is 3.72. The highest BCUT2D eigenvalue weighted by molar-refractivity contribution is 7.98. The number of ether oxygens (including phenoxy) is 3. The van der Waals surface area contributed by atoms with E-state index in [9.17, 15) is 4.79 Å². The number of benzene rings is 3. The first-order valence-electron chi connectivity index (χ1n) is 10.6. The summed E-state index contributed by atoms with van der Waals surface area (Å²) in [5.74, 6) is 2.86. The summed E-state index contributed by atoms with van der Waals surface area (Å²) in [6, 6.07) is 23.7. The minimum Gasteiger partial charge on any atom is -0.493 e. The number of carbonyl (C=O) groups excluding carboxylic acids is 1. The van der Waals surface area contributed by atoms with E-state index in [1.165, 1.54) is 0 Å². The second-order valence-corrected chi connectivity index (χ2v) is 8.44. The van der Waals surface area contributed by atoms with Gasteiger partial charge in [0.15, 0.2) is 17.6 Å². The molecule has 1 fully saturated rings. The second-order valence-electron chi connectivity index (χ2n) is 7.45. The molecule has 1 aliphatic heterocycles. The highest BCUT2D eigenvalue weighted by atomic mass is 32.2. The van der Waals surface area contributed by atoms with Crippen LogP contribution in [0.15, 0.2) is 72.8 Å². The molecule has 166 valence electrons. The molecule has 0 bridgehead atoms. The summed E-state index contributed by atoms with van der Waals surface area (Å²) in [7, 11) is 1.61. The van der Waals surface area contributed by atoms with Gasteiger partial charge in [-0.25, -0.2) is 0 Å². The van der Waals surface area contributed by atoms with Crippen molar-refractivity contribution in [3.63, 3.8) is 0 Å². The Balaban J connectivity index is 1.41. The lowest BCUT2D eigenvalue weighted by Gasteiger charge is -2.19. The third-order valence-electron chi connectivity index (χ3n) is 5.40. The maximum Gasteiger partial charge on any atom is 0.268 e. The van der Waals surface area contributed by atoms with Crippen molar-refractivity contribution < 1.29 is 19.0 Å². The topological polar surface area (TPSA) is 48.0 Å². The number of methoxy groups -OCH3 is 1. The summed E-state index contributed by atoms with van der Waals surface area (Å²) in [4.78, 5) is 14.8. The van der Waals surface area contributed by atoms with Crippen molar-refractivity contribution in [2.24, 2.45) is 0 Å². The van der Waals surface area contributed by atoms with Crippen molar-refractivity contribution in [3.05, 3.63) is 72.8 Å². The van der Waals surface area contributed by atoms with Crippen molar-refractivity contribution in [2.45, 2.75) is 12.5 Å². The number of rotatable bonds is 9. The van der Waals surface area contributed by atoms with Gasteiger partial charge < -0.3 is 19.1 Å². The first kappa shape index (κ1) is 22.1. The minimum atomic E-state index is -0.499. The minimum absolute atomic E-state index is 0.0461. The summed E-state index contributed by atoms with van der Waals surface area (Å²) in [5, 5.41) is 0. The van der Waals surface area contributed by atoms with E-state index in [1.807, 2.05) is 66.9 Å². The Labute approximate surface area is 193 Å². The summed E-state index contributed by atoms with van der Waals surface area (Å²) in [6.45, 7) is 1.21. The maximum atomic E-state index is 13.0. The van der Waals surface area contributed by atoms with Crippen molar-refractivity contribution in [1.82, 2.24) is 0 Å². The van der Waals surface area contributed by atoms with Gasteiger partial charge in [-0.3, -0.25) is 4.79 Å². The highest BCUT2D eigenvalue weighted by Gasteiger charge is 2.34. The van der Waals surface area contributed by atoms with Crippen LogP contribution in [0.25, 0.3) is 11.1 Å². The molecule has 0 N–H and O–H groups in total. The molecule has 1 saturated heterocycles. The largest absolute Gasteiger partial charge is 0.493 e. The standard InChI is InChI=1S/C26H27NO4S/c1-29-25-18-21(10-13-23(25)30-16-17-32-2)27-15-14-24(26(27)28)31-22-11-8-20(9-12-22)19-6-4-3-5-7-19/h3-13,18,24H,14-17H2,1-2H3. The SMILES string of the molecule is COc1cc(N2CCC(Oc3ccc(-c4ccccc4)cc3)C2=O)ccc1OCCSC. The lowest BCUT2D eigenvalue weighted by Crippen LogP contribution is -2.32. The van der Waals surface area contributed by atoms with Gasteiger partial charge in [-0.15, -0.1) is 0 Å². The van der Waals surface area contributed by atoms with Crippen LogP contribution in [0.5, 0.6) is 17.2 Å². The van der Waals surface area contributed by atoms with Crippen LogP contribution in [0.1, 0.15) is 6.42 Å². The van der Waals surface area contributed by atoms with Crippen molar-refractivity contribution in [3.8, 4) is 28.4 Å². The summed E-state index contributed by atoms with van der Waals surface area (Å²) in [6.07, 6.45) is 2.17. The van der Waals surface area contributed by atoms with E-state index in [0.717, 1.165) is 22.6 Å². The van der Waals surface area contributed by atoms with Gasteiger partial charge in [0.05, 0.1) is 13.7 Å². The van der Waals surface area contributed by atoms with Crippen LogP contribution >= 0.6 is 11.8 Å². The predicted molar refractivity (Wildman–Crippen MR) is 130 cm³/mol. The molecule has 1 atom stereocenters. The smallest absolute Gasteiger partial charge is 0.268 e. The Bertz CT molecular complexity index is 1040. The Morgan fingerprint density at radius 2 is 1.72 bits per heavy atom. The molecule has 0 radical (unpaired) electrons. The zero-order chi connectivity index (χ0) is 22.3. The van der Waals surface area contributed by atoms with Crippen LogP contribution < -0.4 is 19.1 Å².